The summed E-state index contributed by atoms with van der Waals surface area (Å²) in [5.74, 6) is 1.04. The van der Waals surface area contributed by atoms with Crippen molar-refractivity contribution in [3.05, 3.63) is 35.8 Å². The van der Waals surface area contributed by atoms with Gasteiger partial charge < -0.3 is 9.51 Å². The van der Waals surface area contributed by atoms with Gasteiger partial charge in [-0.2, -0.15) is 0 Å². The number of aromatic nitrogens is 2. The van der Waals surface area contributed by atoms with Gasteiger partial charge in [-0.25, -0.2) is 4.98 Å². The molecule has 23 heavy (non-hydrogen) atoms. The van der Waals surface area contributed by atoms with E-state index in [4.69, 9.17) is 0 Å². The summed E-state index contributed by atoms with van der Waals surface area (Å²) in [6, 6.07) is 6.16. The van der Waals surface area contributed by atoms with Crippen molar-refractivity contribution in [1.29, 1.82) is 0 Å². The minimum Gasteiger partial charge on any atom is -0.393 e. The zero-order chi connectivity index (χ0) is 16.4. The zero-order valence-corrected chi connectivity index (χ0v) is 14.6. The third-order valence-electron chi connectivity index (χ3n) is 5.09. The predicted molar refractivity (Wildman–Crippen MR) is 93.4 cm³/mol. The van der Waals surface area contributed by atoms with Crippen molar-refractivity contribution < 1.29 is 5.11 Å². The predicted octanol–water partition coefficient (Wildman–Crippen LogP) is 3.26. The SMILES string of the molecule is Cc1nc2ccccn2c1CN1CCC(C(O)CC(C)C)CC1. The monoisotopic (exact) mass is 315 g/mol. The lowest BCUT2D eigenvalue weighted by molar-refractivity contribution is 0.0433. The maximum Gasteiger partial charge on any atom is 0.137 e. The van der Waals surface area contributed by atoms with Crippen LogP contribution in [0.25, 0.3) is 5.65 Å². The molecule has 0 amide bonds. The highest BCUT2D eigenvalue weighted by molar-refractivity contribution is 5.42. The first-order valence-corrected chi connectivity index (χ1v) is 8.87. The number of aliphatic hydroxyl groups is 1. The quantitative estimate of drug-likeness (QED) is 0.920. The highest BCUT2D eigenvalue weighted by Gasteiger charge is 2.26. The molecule has 2 aromatic rings. The fourth-order valence-corrected chi connectivity index (χ4v) is 3.74. The Bertz CT molecular complexity index is 641. The van der Waals surface area contributed by atoms with E-state index in [9.17, 15) is 5.11 Å². The summed E-state index contributed by atoms with van der Waals surface area (Å²) in [5, 5.41) is 10.3. The lowest BCUT2D eigenvalue weighted by Crippen LogP contribution is -2.38. The van der Waals surface area contributed by atoms with Crippen molar-refractivity contribution in [2.24, 2.45) is 11.8 Å². The van der Waals surface area contributed by atoms with Crippen LogP contribution < -0.4 is 0 Å². The number of nitrogens with zero attached hydrogens (tertiary/aromatic N) is 3. The van der Waals surface area contributed by atoms with E-state index >= 15 is 0 Å². The van der Waals surface area contributed by atoms with Crippen LogP contribution in [0.4, 0.5) is 0 Å². The number of aliphatic hydroxyl groups excluding tert-OH is 1. The highest BCUT2D eigenvalue weighted by Crippen LogP contribution is 2.26. The number of fused-ring (bicyclic) bond motifs is 1. The largest absolute Gasteiger partial charge is 0.393 e. The molecule has 0 spiro atoms. The molecule has 1 aliphatic rings. The average molecular weight is 315 g/mol. The van der Waals surface area contributed by atoms with Gasteiger partial charge in [-0.3, -0.25) is 4.90 Å². The molecule has 0 bridgehead atoms. The molecule has 4 nitrogen and oxygen atoms in total. The molecule has 0 saturated carbocycles. The van der Waals surface area contributed by atoms with Gasteiger partial charge in [-0.15, -0.1) is 0 Å². The maximum atomic E-state index is 10.3. The van der Waals surface area contributed by atoms with Gasteiger partial charge in [0.05, 0.1) is 17.5 Å². The minimum absolute atomic E-state index is 0.130. The second-order valence-electron chi connectivity index (χ2n) is 7.38. The normalized spacial score (nSPS) is 18.8. The Morgan fingerprint density at radius 3 is 2.70 bits per heavy atom. The summed E-state index contributed by atoms with van der Waals surface area (Å²) < 4.78 is 2.20. The summed E-state index contributed by atoms with van der Waals surface area (Å²) in [6.07, 6.45) is 5.10. The van der Waals surface area contributed by atoms with Gasteiger partial charge in [0, 0.05) is 12.7 Å². The van der Waals surface area contributed by atoms with Crippen LogP contribution in [0, 0.1) is 18.8 Å². The standard InChI is InChI=1S/C19H29N3O/c1-14(2)12-18(23)16-7-10-21(11-8-16)13-17-15(3)20-19-6-4-5-9-22(17)19/h4-6,9,14,16,18,23H,7-8,10-13H2,1-3H3. The van der Waals surface area contributed by atoms with E-state index in [1.807, 2.05) is 6.07 Å². The molecule has 0 aliphatic carbocycles. The Kier molecular flexibility index (Phi) is 5.02. The molecule has 3 heterocycles. The first-order valence-electron chi connectivity index (χ1n) is 8.87. The van der Waals surface area contributed by atoms with Crippen molar-refractivity contribution in [2.75, 3.05) is 13.1 Å². The molecular formula is C19H29N3O. The summed E-state index contributed by atoms with van der Waals surface area (Å²) in [6.45, 7) is 9.56. The first-order chi connectivity index (χ1) is 11.0. The molecule has 3 rings (SSSR count). The number of hydrogen-bond acceptors (Lipinski definition) is 3. The Hall–Kier alpha value is -1.39. The van der Waals surface area contributed by atoms with E-state index in [0.29, 0.717) is 11.8 Å². The summed E-state index contributed by atoms with van der Waals surface area (Å²) in [4.78, 5) is 7.15. The van der Waals surface area contributed by atoms with Crippen LogP contribution in [-0.4, -0.2) is 38.6 Å². The summed E-state index contributed by atoms with van der Waals surface area (Å²) in [7, 11) is 0. The van der Waals surface area contributed by atoms with E-state index in [0.717, 1.165) is 50.2 Å². The van der Waals surface area contributed by atoms with Crippen LogP contribution >= 0.6 is 0 Å². The zero-order valence-electron chi connectivity index (χ0n) is 14.6. The van der Waals surface area contributed by atoms with Crippen molar-refractivity contribution in [3.8, 4) is 0 Å². The number of aryl methyl sites for hydroxylation is 1. The van der Waals surface area contributed by atoms with Crippen LogP contribution in [0.15, 0.2) is 24.4 Å². The number of hydrogen-bond donors (Lipinski definition) is 1. The Balaban J connectivity index is 1.61. The molecule has 1 fully saturated rings. The number of imidazole rings is 1. The van der Waals surface area contributed by atoms with Crippen molar-refractivity contribution in [1.82, 2.24) is 14.3 Å². The lowest BCUT2D eigenvalue weighted by Gasteiger charge is -2.34. The molecule has 1 N–H and O–H groups in total. The third kappa shape index (κ3) is 3.75. The van der Waals surface area contributed by atoms with Crippen LogP contribution in [0.5, 0.6) is 0 Å². The molecule has 1 saturated heterocycles. The minimum atomic E-state index is -0.130. The first kappa shape index (κ1) is 16.5. The molecule has 1 atom stereocenters. The van der Waals surface area contributed by atoms with E-state index in [1.165, 1.54) is 5.69 Å². The molecule has 126 valence electrons. The Labute approximate surface area is 139 Å². The lowest BCUT2D eigenvalue weighted by atomic mass is 9.87. The van der Waals surface area contributed by atoms with Crippen molar-refractivity contribution >= 4 is 5.65 Å². The highest BCUT2D eigenvalue weighted by atomic mass is 16.3. The fraction of sp³-hybridized carbons (Fsp3) is 0.632. The molecule has 0 radical (unpaired) electrons. The fourth-order valence-electron chi connectivity index (χ4n) is 3.74. The molecule has 4 heteroatoms. The van der Waals surface area contributed by atoms with Gasteiger partial charge in [0.15, 0.2) is 0 Å². The molecule has 1 unspecified atom stereocenters. The van der Waals surface area contributed by atoms with Crippen LogP contribution in [0.3, 0.4) is 0 Å². The number of piperidine rings is 1. The van der Waals surface area contributed by atoms with E-state index in [1.54, 1.807) is 0 Å². The molecule has 1 aliphatic heterocycles. The van der Waals surface area contributed by atoms with Gasteiger partial charge in [0.2, 0.25) is 0 Å². The number of rotatable bonds is 5. The second-order valence-corrected chi connectivity index (χ2v) is 7.38. The van der Waals surface area contributed by atoms with Crippen molar-refractivity contribution in [2.45, 2.75) is 52.7 Å². The van der Waals surface area contributed by atoms with Gasteiger partial charge in [0.25, 0.3) is 0 Å². The Morgan fingerprint density at radius 1 is 1.26 bits per heavy atom. The van der Waals surface area contributed by atoms with E-state index in [-0.39, 0.29) is 6.10 Å². The van der Waals surface area contributed by atoms with Crippen LogP contribution in [0.2, 0.25) is 0 Å². The third-order valence-corrected chi connectivity index (χ3v) is 5.09. The van der Waals surface area contributed by atoms with Crippen LogP contribution in [-0.2, 0) is 6.54 Å². The van der Waals surface area contributed by atoms with Crippen LogP contribution in [0.1, 0.15) is 44.5 Å². The van der Waals surface area contributed by atoms with Gasteiger partial charge in [-0.05, 0) is 63.2 Å². The van der Waals surface area contributed by atoms with Gasteiger partial charge >= 0.3 is 0 Å². The molecular weight excluding hydrogens is 286 g/mol. The van der Waals surface area contributed by atoms with Crippen molar-refractivity contribution in [3.63, 3.8) is 0 Å². The second kappa shape index (κ2) is 7.02. The number of likely N-dealkylation sites (tertiary alicyclic amines) is 1. The van der Waals surface area contributed by atoms with E-state index in [2.05, 4.69) is 53.4 Å². The van der Waals surface area contributed by atoms with E-state index < -0.39 is 0 Å². The molecule has 2 aromatic heterocycles. The smallest absolute Gasteiger partial charge is 0.137 e. The number of pyridine rings is 1. The summed E-state index contributed by atoms with van der Waals surface area (Å²) >= 11 is 0. The topological polar surface area (TPSA) is 40.8 Å². The maximum absolute atomic E-state index is 10.3. The molecule has 0 aromatic carbocycles. The Morgan fingerprint density at radius 2 is 2.00 bits per heavy atom. The average Bonchev–Trinajstić information content (AvgIpc) is 2.83. The summed E-state index contributed by atoms with van der Waals surface area (Å²) in [5.41, 5.74) is 3.45. The van der Waals surface area contributed by atoms with Gasteiger partial charge in [-0.1, -0.05) is 19.9 Å². The van der Waals surface area contributed by atoms with Gasteiger partial charge in [0.1, 0.15) is 5.65 Å².